The zero-order valence-corrected chi connectivity index (χ0v) is 18.4. The number of nitrogens with zero attached hydrogens (tertiary/aromatic N) is 1. The van der Waals surface area contributed by atoms with Gasteiger partial charge in [0.1, 0.15) is 0 Å². The first-order valence-corrected chi connectivity index (χ1v) is 11.1. The van der Waals surface area contributed by atoms with E-state index < -0.39 is 0 Å². The van der Waals surface area contributed by atoms with Crippen LogP contribution in [0, 0.1) is 13.8 Å². The lowest BCUT2D eigenvalue weighted by Crippen LogP contribution is -2.25. The number of amides is 2. The molecule has 1 heterocycles. The van der Waals surface area contributed by atoms with Crippen molar-refractivity contribution < 1.29 is 9.59 Å². The maximum absolute atomic E-state index is 13.1. The van der Waals surface area contributed by atoms with E-state index in [1.807, 2.05) is 32.0 Å². The lowest BCUT2D eigenvalue weighted by Gasteiger charge is -2.21. The molecule has 0 bridgehead atoms. The molecule has 1 aromatic heterocycles. The van der Waals surface area contributed by atoms with Gasteiger partial charge in [-0.2, -0.15) is 0 Å². The van der Waals surface area contributed by atoms with Crippen molar-refractivity contribution in [2.75, 3.05) is 10.6 Å². The van der Waals surface area contributed by atoms with E-state index in [1.165, 1.54) is 11.3 Å². The molecule has 30 heavy (non-hydrogen) atoms. The van der Waals surface area contributed by atoms with Crippen LogP contribution in [0.1, 0.15) is 50.8 Å². The number of hydrogen-bond acceptors (Lipinski definition) is 4. The second kappa shape index (κ2) is 8.58. The third kappa shape index (κ3) is 4.25. The Morgan fingerprint density at radius 1 is 1.07 bits per heavy atom. The number of thiazole rings is 1. The van der Waals surface area contributed by atoms with Crippen LogP contribution in [0.3, 0.4) is 0 Å². The summed E-state index contributed by atoms with van der Waals surface area (Å²) in [6.07, 6.45) is 2.54. The van der Waals surface area contributed by atoms with Gasteiger partial charge >= 0.3 is 0 Å². The van der Waals surface area contributed by atoms with Crippen molar-refractivity contribution in [3.8, 4) is 0 Å². The normalized spacial score (nSPS) is 15.4. The highest BCUT2D eigenvalue weighted by Crippen LogP contribution is 2.38. The number of aromatic nitrogens is 1. The second-order valence-corrected chi connectivity index (χ2v) is 9.01. The van der Waals surface area contributed by atoms with Crippen LogP contribution in [0.15, 0.2) is 42.5 Å². The fourth-order valence-corrected chi connectivity index (χ4v) is 4.91. The number of benzene rings is 2. The third-order valence-electron chi connectivity index (χ3n) is 5.33. The van der Waals surface area contributed by atoms with Crippen LogP contribution in [-0.4, -0.2) is 16.8 Å². The topological polar surface area (TPSA) is 71.1 Å². The maximum atomic E-state index is 13.1. The van der Waals surface area contributed by atoms with Gasteiger partial charge < -0.3 is 5.32 Å². The zero-order valence-electron chi connectivity index (χ0n) is 16.8. The van der Waals surface area contributed by atoms with Crippen molar-refractivity contribution in [2.45, 2.75) is 39.0 Å². The van der Waals surface area contributed by atoms with Gasteiger partial charge in [-0.3, -0.25) is 14.9 Å². The number of rotatable bonds is 4. The maximum Gasteiger partial charge on any atom is 0.257 e. The van der Waals surface area contributed by atoms with Gasteiger partial charge in [0.25, 0.3) is 5.91 Å². The summed E-state index contributed by atoms with van der Waals surface area (Å²) in [7, 11) is 0. The van der Waals surface area contributed by atoms with Crippen LogP contribution in [-0.2, 0) is 11.2 Å². The molecule has 0 fully saturated rings. The summed E-state index contributed by atoms with van der Waals surface area (Å²) in [5, 5.41) is 7.05. The highest BCUT2D eigenvalue weighted by atomic mass is 35.5. The smallest absolute Gasteiger partial charge is 0.257 e. The molecule has 0 saturated heterocycles. The molecule has 2 amide bonds. The van der Waals surface area contributed by atoms with Gasteiger partial charge in [0.2, 0.25) is 5.91 Å². The molecule has 2 aromatic carbocycles. The molecule has 5 nitrogen and oxygen atoms in total. The number of carbonyl (C=O) groups excluding carboxylic acids is 2. The Morgan fingerprint density at radius 3 is 2.47 bits per heavy atom. The largest absolute Gasteiger partial charge is 0.325 e. The fourth-order valence-electron chi connectivity index (χ4n) is 3.72. The molecular formula is C23H22ClN3O2S. The van der Waals surface area contributed by atoms with Gasteiger partial charge in [0.15, 0.2) is 5.13 Å². The van der Waals surface area contributed by atoms with E-state index in [-0.39, 0.29) is 17.7 Å². The number of hydrogen-bond donors (Lipinski definition) is 2. The summed E-state index contributed by atoms with van der Waals surface area (Å²) < 4.78 is 0. The molecule has 1 aliphatic rings. The molecule has 2 N–H and O–H groups in total. The summed E-state index contributed by atoms with van der Waals surface area (Å²) in [6.45, 7) is 3.98. The summed E-state index contributed by atoms with van der Waals surface area (Å²) in [6, 6.07) is 12.7. The number of nitrogens with one attached hydrogen (secondary N) is 2. The van der Waals surface area contributed by atoms with Crippen LogP contribution in [0.2, 0.25) is 5.02 Å². The average molecular weight is 440 g/mol. The van der Waals surface area contributed by atoms with Gasteiger partial charge in [-0.25, -0.2) is 4.98 Å². The van der Waals surface area contributed by atoms with Gasteiger partial charge in [0.05, 0.1) is 11.6 Å². The lowest BCUT2D eigenvalue weighted by molar-refractivity contribution is -0.118. The quantitative estimate of drug-likeness (QED) is 0.545. The van der Waals surface area contributed by atoms with Crippen molar-refractivity contribution in [3.05, 3.63) is 74.7 Å². The van der Waals surface area contributed by atoms with Crippen LogP contribution in [0.5, 0.6) is 0 Å². The van der Waals surface area contributed by atoms with E-state index in [0.29, 0.717) is 15.7 Å². The van der Waals surface area contributed by atoms with Crippen LogP contribution >= 0.6 is 22.9 Å². The van der Waals surface area contributed by atoms with Crippen molar-refractivity contribution in [1.29, 1.82) is 0 Å². The SMILES string of the molecule is Cc1cccc(C)c1NC(=O)C1CCCc2sc(NC(=O)c3ccc(Cl)cc3)nc21. The summed E-state index contributed by atoms with van der Waals surface area (Å²) in [5.41, 5.74) is 4.22. The molecule has 1 atom stereocenters. The third-order valence-corrected chi connectivity index (χ3v) is 6.63. The van der Waals surface area contributed by atoms with Crippen molar-refractivity contribution >= 4 is 45.6 Å². The number of halogens is 1. The number of fused-ring (bicyclic) bond motifs is 1. The monoisotopic (exact) mass is 439 g/mol. The predicted molar refractivity (Wildman–Crippen MR) is 122 cm³/mol. The fraction of sp³-hybridized carbons (Fsp3) is 0.261. The van der Waals surface area contributed by atoms with E-state index in [9.17, 15) is 9.59 Å². The van der Waals surface area contributed by atoms with Gasteiger partial charge in [-0.1, -0.05) is 29.8 Å². The van der Waals surface area contributed by atoms with E-state index in [0.717, 1.165) is 46.6 Å². The highest BCUT2D eigenvalue weighted by molar-refractivity contribution is 7.16. The zero-order chi connectivity index (χ0) is 21.3. The van der Waals surface area contributed by atoms with E-state index >= 15 is 0 Å². The Balaban J connectivity index is 1.53. The minimum Gasteiger partial charge on any atom is -0.325 e. The number of aryl methyl sites for hydroxylation is 3. The van der Waals surface area contributed by atoms with Crippen molar-refractivity contribution in [2.24, 2.45) is 0 Å². The first kappa shape index (κ1) is 20.6. The first-order chi connectivity index (χ1) is 14.4. The van der Waals surface area contributed by atoms with E-state index in [1.54, 1.807) is 24.3 Å². The van der Waals surface area contributed by atoms with Gasteiger partial charge in [0, 0.05) is 21.2 Å². The Labute approximate surface area is 184 Å². The molecular weight excluding hydrogens is 418 g/mol. The highest BCUT2D eigenvalue weighted by Gasteiger charge is 2.31. The number of carbonyl (C=O) groups is 2. The summed E-state index contributed by atoms with van der Waals surface area (Å²) in [5.74, 6) is -0.603. The van der Waals surface area contributed by atoms with Crippen LogP contribution < -0.4 is 10.6 Å². The molecule has 154 valence electrons. The molecule has 1 unspecified atom stereocenters. The molecule has 0 saturated carbocycles. The van der Waals surface area contributed by atoms with E-state index in [4.69, 9.17) is 11.6 Å². The van der Waals surface area contributed by atoms with Crippen LogP contribution in [0.4, 0.5) is 10.8 Å². The molecule has 0 radical (unpaired) electrons. The Bertz CT molecular complexity index is 1090. The van der Waals surface area contributed by atoms with Crippen molar-refractivity contribution in [1.82, 2.24) is 4.98 Å². The average Bonchev–Trinajstić information content (AvgIpc) is 3.13. The molecule has 3 aromatic rings. The van der Waals surface area contributed by atoms with E-state index in [2.05, 4.69) is 15.6 Å². The van der Waals surface area contributed by atoms with Gasteiger partial charge in [-0.15, -0.1) is 11.3 Å². The number of para-hydroxylation sites is 1. The minimum atomic E-state index is -0.315. The Hall–Kier alpha value is -2.70. The van der Waals surface area contributed by atoms with Crippen molar-refractivity contribution in [3.63, 3.8) is 0 Å². The van der Waals surface area contributed by atoms with Crippen LogP contribution in [0.25, 0.3) is 0 Å². The molecule has 1 aliphatic carbocycles. The molecule has 0 aliphatic heterocycles. The summed E-state index contributed by atoms with van der Waals surface area (Å²) >= 11 is 7.33. The minimum absolute atomic E-state index is 0.0470. The summed E-state index contributed by atoms with van der Waals surface area (Å²) in [4.78, 5) is 31.3. The number of anilines is 2. The predicted octanol–water partition coefficient (Wildman–Crippen LogP) is 5.72. The molecule has 7 heteroatoms. The second-order valence-electron chi connectivity index (χ2n) is 7.49. The first-order valence-electron chi connectivity index (χ1n) is 9.86. The Kier molecular flexibility index (Phi) is 5.88. The molecule has 4 rings (SSSR count). The van der Waals surface area contributed by atoms with Gasteiger partial charge in [-0.05, 0) is 68.5 Å². The Morgan fingerprint density at radius 2 is 1.77 bits per heavy atom. The molecule has 0 spiro atoms. The standard InChI is InChI=1S/C23H22ClN3O2S/c1-13-5-3-6-14(2)19(13)25-22(29)17-7-4-8-18-20(17)26-23(30-18)27-21(28)15-9-11-16(24)12-10-15/h3,5-6,9-12,17H,4,7-8H2,1-2H3,(H,25,29)(H,26,27,28). The lowest BCUT2D eigenvalue weighted by atomic mass is 9.90.